The number of hydrogen-bond donors (Lipinski definition) is 1. The smallest absolute Gasteiger partial charge is 0.303 e. The number of fused-ring (bicyclic) bond motifs is 1. The first-order valence-electron chi connectivity index (χ1n) is 12.7. The average molecular weight is 506 g/mol. The van der Waals surface area contributed by atoms with Gasteiger partial charge in [-0.1, -0.05) is 115 Å². The van der Waals surface area contributed by atoms with Crippen LogP contribution in [0.25, 0.3) is 6.08 Å². The number of benzene rings is 4. The molecule has 1 unspecified atom stereocenters. The number of hydrogen-bond acceptors (Lipinski definition) is 3. The molecule has 1 aliphatic heterocycles. The highest BCUT2D eigenvalue weighted by molar-refractivity contribution is 7.07. The molecule has 5 rings (SSSR count). The third kappa shape index (κ3) is 5.58. The zero-order valence-corrected chi connectivity index (χ0v) is 21.7. The Hall–Kier alpha value is -3.93. The van der Waals surface area contributed by atoms with Gasteiger partial charge < -0.3 is 14.4 Å². The maximum Gasteiger partial charge on any atom is 0.303 e. The molecular weight excluding hydrogens is 474 g/mol. The van der Waals surface area contributed by atoms with E-state index in [4.69, 9.17) is 4.43 Å². The van der Waals surface area contributed by atoms with Crippen LogP contribution in [0.2, 0.25) is 0 Å². The molecule has 0 saturated heterocycles. The lowest BCUT2D eigenvalue weighted by Gasteiger charge is -2.38. The van der Waals surface area contributed by atoms with Crippen molar-refractivity contribution in [2.75, 3.05) is 6.54 Å². The Morgan fingerprint density at radius 2 is 1.30 bits per heavy atom. The number of carbonyl (C=O) groups is 1. The van der Waals surface area contributed by atoms with Crippen molar-refractivity contribution < 1.29 is 14.3 Å². The molecule has 0 radical (unpaired) electrons. The quantitative estimate of drug-likeness (QED) is 0.257. The molecule has 0 saturated carbocycles. The summed E-state index contributed by atoms with van der Waals surface area (Å²) in [6.45, 7) is 1.38. The van der Waals surface area contributed by atoms with Gasteiger partial charge in [-0.3, -0.25) is 4.79 Å². The molecule has 186 valence electrons. The van der Waals surface area contributed by atoms with Gasteiger partial charge in [0.15, 0.2) is 0 Å². The van der Waals surface area contributed by atoms with Crippen molar-refractivity contribution in [2.45, 2.75) is 25.5 Å². The summed E-state index contributed by atoms with van der Waals surface area (Å²) < 4.78 is 7.34. The van der Waals surface area contributed by atoms with Crippen LogP contribution in [0.5, 0.6) is 0 Å². The van der Waals surface area contributed by atoms with E-state index in [2.05, 4.69) is 114 Å². The highest BCUT2D eigenvalue weighted by Gasteiger charge is 2.44. The monoisotopic (exact) mass is 505 g/mol. The summed E-state index contributed by atoms with van der Waals surface area (Å²) >= 11 is 0. The van der Waals surface area contributed by atoms with E-state index in [0.29, 0.717) is 13.0 Å². The van der Waals surface area contributed by atoms with E-state index in [1.54, 1.807) is 0 Å². The first-order valence-corrected chi connectivity index (χ1v) is 14.6. The molecule has 0 bridgehead atoms. The Balaban J connectivity index is 1.57. The van der Waals surface area contributed by atoms with Crippen molar-refractivity contribution in [3.63, 3.8) is 0 Å². The van der Waals surface area contributed by atoms with Crippen LogP contribution in [-0.4, -0.2) is 36.9 Å². The third-order valence-electron chi connectivity index (χ3n) is 6.90. The van der Waals surface area contributed by atoms with Crippen LogP contribution in [0.15, 0.2) is 121 Å². The predicted octanol–water partition coefficient (Wildman–Crippen LogP) is 4.39. The minimum Gasteiger partial charge on any atom is -0.481 e. The molecule has 1 atom stereocenters. The Morgan fingerprint density at radius 3 is 1.84 bits per heavy atom. The summed E-state index contributed by atoms with van der Waals surface area (Å²) in [5.74, 6) is -0.806. The summed E-state index contributed by atoms with van der Waals surface area (Å²) in [6, 6.07) is 39.7. The van der Waals surface area contributed by atoms with Crippen LogP contribution < -0.4 is 15.6 Å². The van der Waals surface area contributed by atoms with E-state index in [-0.39, 0.29) is 12.5 Å². The van der Waals surface area contributed by atoms with Crippen molar-refractivity contribution in [1.82, 2.24) is 4.90 Å². The van der Waals surface area contributed by atoms with E-state index >= 15 is 0 Å². The summed E-state index contributed by atoms with van der Waals surface area (Å²) in [6.07, 6.45) is 4.45. The maximum absolute atomic E-state index is 11.7. The van der Waals surface area contributed by atoms with Crippen LogP contribution in [-0.2, 0) is 15.8 Å². The van der Waals surface area contributed by atoms with Gasteiger partial charge in [0.2, 0.25) is 0 Å². The predicted molar refractivity (Wildman–Crippen MR) is 152 cm³/mol. The van der Waals surface area contributed by atoms with E-state index in [1.807, 2.05) is 18.2 Å². The SMILES string of the molecule is O=C(O)CCC(CN1C=Cc2ccccc2C1)O[Si](c1ccccc1)(c1ccccc1)c1ccccc1. The Labute approximate surface area is 219 Å². The largest absolute Gasteiger partial charge is 0.481 e. The lowest BCUT2D eigenvalue weighted by Crippen LogP contribution is -2.70. The van der Waals surface area contributed by atoms with Gasteiger partial charge in [-0.05, 0) is 39.2 Å². The topological polar surface area (TPSA) is 49.8 Å². The highest BCUT2D eigenvalue weighted by Crippen LogP contribution is 2.22. The van der Waals surface area contributed by atoms with Crippen molar-refractivity contribution in [3.8, 4) is 0 Å². The van der Waals surface area contributed by atoms with Gasteiger partial charge in [-0.25, -0.2) is 0 Å². The third-order valence-corrected chi connectivity index (χ3v) is 11.0. The lowest BCUT2D eigenvalue weighted by atomic mass is 10.0. The zero-order chi connectivity index (χ0) is 25.5. The summed E-state index contributed by atoms with van der Waals surface area (Å²) in [7, 11) is -2.96. The van der Waals surface area contributed by atoms with Gasteiger partial charge in [0.1, 0.15) is 0 Å². The molecule has 0 aliphatic carbocycles. The Bertz CT molecular complexity index is 1250. The minimum absolute atomic E-state index is 0.0572. The Kier molecular flexibility index (Phi) is 7.64. The molecule has 37 heavy (non-hydrogen) atoms. The van der Waals surface area contributed by atoms with E-state index < -0.39 is 14.3 Å². The van der Waals surface area contributed by atoms with E-state index in [0.717, 1.165) is 22.1 Å². The molecule has 0 aromatic heterocycles. The van der Waals surface area contributed by atoms with Crippen molar-refractivity contribution in [2.24, 2.45) is 0 Å². The second-order valence-electron chi connectivity index (χ2n) is 9.40. The zero-order valence-electron chi connectivity index (χ0n) is 20.7. The summed E-state index contributed by atoms with van der Waals surface area (Å²) in [5, 5.41) is 13.0. The molecule has 5 heteroatoms. The molecule has 4 nitrogen and oxygen atoms in total. The van der Waals surface area contributed by atoms with Gasteiger partial charge in [0.05, 0.1) is 6.10 Å². The first kappa shape index (κ1) is 24.7. The minimum atomic E-state index is -2.96. The van der Waals surface area contributed by atoms with Crippen molar-refractivity contribution in [3.05, 3.63) is 133 Å². The summed E-state index contributed by atoms with van der Waals surface area (Å²) in [5.41, 5.74) is 2.49. The van der Waals surface area contributed by atoms with Gasteiger partial charge in [0, 0.05) is 25.7 Å². The number of carboxylic acids is 1. The number of carboxylic acid groups (broad SMARTS) is 1. The second kappa shape index (κ2) is 11.4. The fraction of sp³-hybridized carbons (Fsp3) is 0.156. The number of rotatable bonds is 10. The van der Waals surface area contributed by atoms with Crippen LogP contribution in [0.1, 0.15) is 24.0 Å². The molecule has 0 amide bonds. The van der Waals surface area contributed by atoms with Gasteiger partial charge in [0.25, 0.3) is 8.32 Å². The lowest BCUT2D eigenvalue weighted by molar-refractivity contribution is -0.137. The molecule has 0 spiro atoms. The first-order chi connectivity index (χ1) is 18.1. The van der Waals surface area contributed by atoms with Crippen LogP contribution in [0, 0.1) is 0 Å². The molecule has 4 aromatic carbocycles. The van der Waals surface area contributed by atoms with Gasteiger partial charge >= 0.3 is 5.97 Å². The van der Waals surface area contributed by atoms with Gasteiger partial charge in [-0.15, -0.1) is 0 Å². The molecule has 1 aliphatic rings. The van der Waals surface area contributed by atoms with Crippen LogP contribution >= 0.6 is 0 Å². The van der Waals surface area contributed by atoms with E-state index in [9.17, 15) is 9.90 Å². The highest BCUT2D eigenvalue weighted by atomic mass is 28.4. The molecular formula is C32H31NO3Si. The van der Waals surface area contributed by atoms with Crippen LogP contribution in [0.3, 0.4) is 0 Å². The fourth-order valence-corrected chi connectivity index (χ4v) is 9.22. The van der Waals surface area contributed by atoms with E-state index in [1.165, 1.54) is 11.1 Å². The molecule has 4 aromatic rings. The molecule has 1 N–H and O–H groups in total. The standard InChI is InChI=1S/C32H31NO3Si/c34-32(35)21-20-28(25-33-23-22-26-12-10-11-13-27(26)24-33)36-37(29-14-4-1-5-15-29,30-16-6-2-7-17-30)31-18-8-3-9-19-31/h1-19,22-23,28H,20-21,24-25H2,(H,34,35). The maximum atomic E-state index is 11.7. The normalized spacial score (nSPS) is 13.7. The number of aliphatic carboxylic acids is 1. The van der Waals surface area contributed by atoms with Crippen molar-refractivity contribution in [1.29, 1.82) is 0 Å². The molecule has 0 fully saturated rings. The molecule has 1 heterocycles. The fourth-order valence-electron chi connectivity index (χ4n) is 5.13. The Morgan fingerprint density at radius 1 is 0.784 bits per heavy atom. The van der Waals surface area contributed by atoms with Gasteiger partial charge in [-0.2, -0.15) is 0 Å². The van der Waals surface area contributed by atoms with Crippen LogP contribution in [0.4, 0.5) is 0 Å². The van der Waals surface area contributed by atoms with Crippen molar-refractivity contribution >= 4 is 35.9 Å². The average Bonchev–Trinajstić information content (AvgIpc) is 2.96. The second-order valence-corrected chi connectivity index (χ2v) is 12.7. The summed E-state index contributed by atoms with van der Waals surface area (Å²) in [4.78, 5) is 13.9. The number of nitrogens with zero attached hydrogens (tertiary/aromatic N) is 1.